The second-order valence-electron chi connectivity index (χ2n) is 4.34. The molecule has 0 aliphatic rings. The van der Waals surface area contributed by atoms with Crippen LogP contribution in [0.5, 0.6) is 0 Å². The van der Waals surface area contributed by atoms with Gasteiger partial charge in [0.25, 0.3) is 0 Å². The highest BCUT2D eigenvalue weighted by atomic mass is 35.5. The minimum atomic E-state index is -0.610. The monoisotopic (exact) mass is 318 g/mol. The molecular weight excluding hydrogens is 308 g/mol. The summed E-state index contributed by atoms with van der Waals surface area (Å²) in [6.07, 6.45) is 0. The van der Waals surface area contributed by atoms with Gasteiger partial charge in [0.2, 0.25) is 0 Å². The van der Waals surface area contributed by atoms with Crippen LogP contribution in [0.4, 0.5) is 0 Å². The number of carbonyl (C=O) groups is 1. The molecule has 0 bridgehead atoms. The summed E-state index contributed by atoms with van der Waals surface area (Å²) < 4.78 is 0. The molecule has 6 heteroatoms. The van der Waals surface area contributed by atoms with E-state index < -0.39 is 5.97 Å². The maximum atomic E-state index is 11.9. The number of carbonyl (C=O) groups excluding carboxylic acids is 1. The van der Waals surface area contributed by atoms with E-state index in [-0.39, 0.29) is 0 Å². The van der Waals surface area contributed by atoms with Crippen LogP contribution in [0.1, 0.15) is 10.5 Å². The number of aromatic amines is 1. The molecular formula is C15H11ClN2O2S. The van der Waals surface area contributed by atoms with E-state index in [1.54, 1.807) is 6.07 Å². The number of fused-ring (bicyclic) bond motifs is 1. The minimum Gasteiger partial charge on any atom is -0.369 e. The number of halogens is 1. The Morgan fingerprint density at radius 3 is 2.67 bits per heavy atom. The first-order valence-corrected chi connectivity index (χ1v) is 7.33. The molecule has 0 saturated heterocycles. The third-order valence-corrected chi connectivity index (χ3v) is 4.36. The van der Waals surface area contributed by atoms with E-state index >= 15 is 0 Å². The van der Waals surface area contributed by atoms with Gasteiger partial charge in [-0.15, -0.1) is 0 Å². The summed E-state index contributed by atoms with van der Waals surface area (Å²) in [5.74, 6) is 4.40. The Morgan fingerprint density at radius 2 is 1.95 bits per heavy atom. The topological polar surface area (TPSA) is 68.1 Å². The maximum absolute atomic E-state index is 11.9. The number of nitrogens with two attached hydrogens (primary N) is 1. The Kier molecular flexibility index (Phi) is 3.88. The molecule has 3 aromatic rings. The third-order valence-electron chi connectivity index (χ3n) is 2.99. The molecule has 0 amide bonds. The van der Waals surface area contributed by atoms with Gasteiger partial charge in [-0.2, -0.15) is 5.90 Å². The van der Waals surface area contributed by atoms with E-state index in [9.17, 15) is 4.79 Å². The predicted molar refractivity (Wildman–Crippen MR) is 83.5 cm³/mol. The summed E-state index contributed by atoms with van der Waals surface area (Å²) in [7, 11) is 0. The molecule has 0 aliphatic heterocycles. The smallest absolute Gasteiger partial charge is 0.369 e. The van der Waals surface area contributed by atoms with Gasteiger partial charge in [0.1, 0.15) is 5.69 Å². The van der Waals surface area contributed by atoms with Crippen molar-refractivity contribution in [2.45, 2.75) is 9.79 Å². The van der Waals surface area contributed by atoms with Crippen LogP contribution >= 0.6 is 23.4 Å². The molecule has 2 aromatic carbocycles. The fraction of sp³-hybridized carbons (Fsp3) is 0. The highest BCUT2D eigenvalue weighted by Gasteiger charge is 2.20. The molecule has 21 heavy (non-hydrogen) atoms. The summed E-state index contributed by atoms with van der Waals surface area (Å²) in [4.78, 5) is 21.0. The van der Waals surface area contributed by atoms with Gasteiger partial charge in [-0.05, 0) is 30.3 Å². The van der Waals surface area contributed by atoms with Crippen molar-refractivity contribution in [3.63, 3.8) is 0 Å². The number of rotatable bonds is 3. The Morgan fingerprint density at radius 1 is 1.19 bits per heavy atom. The molecule has 3 rings (SSSR count). The van der Waals surface area contributed by atoms with Crippen LogP contribution in [-0.4, -0.2) is 11.0 Å². The highest BCUT2D eigenvalue weighted by Crippen LogP contribution is 2.37. The second kappa shape index (κ2) is 5.81. The number of nitrogens with one attached hydrogen (secondary N) is 1. The molecule has 3 N–H and O–H groups in total. The van der Waals surface area contributed by atoms with Gasteiger partial charge in [0, 0.05) is 20.8 Å². The maximum Gasteiger partial charge on any atom is 0.374 e. The zero-order valence-electron chi connectivity index (χ0n) is 10.8. The molecule has 0 spiro atoms. The molecule has 0 unspecified atom stereocenters. The van der Waals surface area contributed by atoms with Crippen molar-refractivity contribution in [3.05, 3.63) is 59.2 Å². The average molecular weight is 319 g/mol. The normalized spacial score (nSPS) is 10.8. The van der Waals surface area contributed by atoms with E-state index in [0.29, 0.717) is 10.7 Å². The van der Waals surface area contributed by atoms with Crippen molar-refractivity contribution >= 4 is 40.2 Å². The molecule has 0 fully saturated rings. The van der Waals surface area contributed by atoms with Crippen molar-refractivity contribution in [2.75, 3.05) is 0 Å². The fourth-order valence-electron chi connectivity index (χ4n) is 2.05. The zero-order valence-corrected chi connectivity index (χ0v) is 12.4. The predicted octanol–water partition coefficient (Wildman–Crippen LogP) is 4.00. The van der Waals surface area contributed by atoms with E-state index in [1.165, 1.54) is 11.8 Å². The molecule has 0 saturated carbocycles. The van der Waals surface area contributed by atoms with Crippen molar-refractivity contribution in [1.29, 1.82) is 0 Å². The SMILES string of the molecule is NOC(=O)c1[nH]c2ccc(Cl)cc2c1Sc1ccccc1. The van der Waals surface area contributed by atoms with Crippen molar-refractivity contribution in [2.24, 2.45) is 5.90 Å². The fourth-order valence-corrected chi connectivity index (χ4v) is 3.27. The standard InChI is InChI=1S/C15H11ClN2O2S/c16-9-6-7-12-11(8-9)14(13(18-12)15(19)20-17)21-10-4-2-1-3-5-10/h1-8,18H,17H2. The molecule has 4 nitrogen and oxygen atoms in total. The third kappa shape index (κ3) is 2.76. The number of hydrogen-bond donors (Lipinski definition) is 2. The van der Waals surface area contributed by atoms with Gasteiger partial charge in [0.05, 0.1) is 4.90 Å². The summed E-state index contributed by atoms with van der Waals surface area (Å²) in [6, 6.07) is 15.1. The first-order chi connectivity index (χ1) is 10.2. The largest absolute Gasteiger partial charge is 0.374 e. The summed E-state index contributed by atoms with van der Waals surface area (Å²) >= 11 is 7.51. The van der Waals surface area contributed by atoms with Crippen LogP contribution < -0.4 is 5.90 Å². The number of H-pyrrole nitrogens is 1. The van der Waals surface area contributed by atoms with Crippen LogP contribution in [0, 0.1) is 0 Å². The lowest BCUT2D eigenvalue weighted by Gasteiger charge is -2.03. The summed E-state index contributed by atoms with van der Waals surface area (Å²) in [5.41, 5.74) is 1.13. The minimum absolute atomic E-state index is 0.323. The number of hydrogen-bond acceptors (Lipinski definition) is 4. The van der Waals surface area contributed by atoms with Gasteiger partial charge in [-0.3, -0.25) is 0 Å². The summed E-state index contributed by atoms with van der Waals surface area (Å²) in [5, 5.41) is 1.46. The van der Waals surface area contributed by atoms with Crippen LogP contribution in [0.25, 0.3) is 10.9 Å². The van der Waals surface area contributed by atoms with Gasteiger partial charge in [-0.25, -0.2) is 4.79 Å². The zero-order chi connectivity index (χ0) is 14.8. The van der Waals surface area contributed by atoms with Crippen molar-refractivity contribution in [3.8, 4) is 0 Å². The molecule has 1 heterocycles. The van der Waals surface area contributed by atoms with Crippen LogP contribution in [0.3, 0.4) is 0 Å². The van der Waals surface area contributed by atoms with Gasteiger partial charge in [0.15, 0.2) is 0 Å². The van der Waals surface area contributed by atoms with Crippen LogP contribution in [-0.2, 0) is 4.84 Å². The van der Waals surface area contributed by atoms with Crippen LogP contribution in [0.15, 0.2) is 58.3 Å². The quantitative estimate of drug-likeness (QED) is 0.716. The molecule has 106 valence electrons. The first-order valence-electron chi connectivity index (χ1n) is 6.14. The Hall–Kier alpha value is -1.95. The van der Waals surface area contributed by atoms with Gasteiger partial charge in [-0.1, -0.05) is 41.6 Å². The van der Waals surface area contributed by atoms with E-state index in [4.69, 9.17) is 17.5 Å². The molecule has 0 radical (unpaired) electrons. The lowest BCUT2D eigenvalue weighted by atomic mass is 10.2. The van der Waals surface area contributed by atoms with E-state index in [2.05, 4.69) is 9.82 Å². The number of aromatic nitrogens is 1. The summed E-state index contributed by atoms with van der Waals surface area (Å²) in [6.45, 7) is 0. The highest BCUT2D eigenvalue weighted by molar-refractivity contribution is 7.99. The van der Waals surface area contributed by atoms with E-state index in [0.717, 1.165) is 20.7 Å². The van der Waals surface area contributed by atoms with Gasteiger partial charge < -0.3 is 9.82 Å². The molecule has 0 atom stereocenters. The Bertz CT molecular complexity index is 802. The molecule has 1 aromatic heterocycles. The first kappa shape index (κ1) is 14.0. The second-order valence-corrected chi connectivity index (χ2v) is 5.86. The van der Waals surface area contributed by atoms with E-state index in [1.807, 2.05) is 42.5 Å². The van der Waals surface area contributed by atoms with Gasteiger partial charge >= 0.3 is 5.97 Å². The lowest BCUT2D eigenvalue weighted by molar-refractivity contribution is 0.0493. The van der Waals surface area contributed by atoms with Crippen molar-refractivity contribution < 1.29 is 9.63 Å². The number of benzene rings is 2. The van der Waals surface area contributed by atoms with Crippen molar-refractivity contribution in [1.82, 2.24) is 4.98 Å². The molecule has 0 aliphatic carbocycles. The lowest BCUT2D eigenvalue weighted by Crippen LogP contribution is -2.11. The average Bonchev–Trinajstić information content (AvgIpc) is 2.86. The Labute approximate surface area is 130 Å². The Balaban J connectivity index is 2.17. The van der Waals surface area contributed by atoms with Crippen LogP contribution in [0.2, 0.25) is 5.02 Å².